The minimum atomic E-state index is -0.390. The van der Waals surface area contributed by atoms with Gasteiger partial charge in [-0.2, -0.15) is 0 Å². The van der Waals surface area contributed by atoms with E-state index in [1.54, 1.807) is 0 Å². The van der Waals surface area contributed by atoms with E-state index in [0.29, 0.717) is 0 Å². The number of para-hydroxylation sites is 2. The van der Waals surface area contributed by atoms with Gasteiger partial charge in [0.05, 0.1) is 17.5 Å². The van der Waals surface area contributed by atoms with Crippen molar-refractivity contribution in [3.63, 3.8) is 0 Å². The number of nitrogens with zero attached hydrogens (tertiary/aromatic N) is 2. The number of anilines is 4. The van der Waals surface area contributed by atoms with Crippen LogP contribution in [0.3, 0.4) is 0 Å². The fourth-order valence-electron chi connectivity index (χ4n) is 11.2. The van der Waals surface area contributed by atoms with Crippen LogP contribution in [0.2, 0.25) is 0 Å². The summed E-state index contributed by atoms with van der Waals surface area (Å²) < 4.78 is 0. The van der Waals surface area contributed by atoms with E-state index in [2.05, 4.69) is 216 Å². The minimum absolute atomic E-state index is 0.102. The van der Waals surface area contributed by atoms with Crippen molar-refractivity contribution in [2.24, 2.45) is 0 Å². The van der Waals surface area contributed by atoms with E-state index in [-0.39, 0.29) is 17.5 Å². The molecule has 7 aromatic rings. The molecule has 2 heteroatoms. The SMILES string of the molecule is C1=CCC(N(c2ccccc2)c2cccc3c2-c2ccccc2C32C3=C(CCC=C3)C3=C2CC(N(c2ccccc2)c2ccc4ccc5ccccc5c4c2)C=C3)C=C1. The first-order valence-electron chi connectivity index (χ1n) is 21.3. The van der Waals surface area contributed by atoms with Crippen molar-refractivity contribution in [2.45, 2.75) is 43.2 Å². The Morgan fingerprint density at radius 1 is 0.525 bits per heavy atom. The van der Waals surface area contributed by atoms with Gasteiger partial charge in [0.15, 0.2) is 0 Å². The molecule has 0 amide bonds. The highest BCUT2D eigenvalue weighted by Crippen LogP contribution is 2.66. The Labute approximate surface area is 346 Å². The lowest BCUT2D eigenvalue weighted by Gasteiger charge is -2.40. The predicted molar refractivity (Wildman–Crippen MR) is 248 cm³/mol. The molecule has 12 rings (SSSR count). The van der Waals surface area contributed by atoms with E-state index < -0.39 is 0 Å². The van der Waals surface area contributed by atoms with Gasteiger partial charge in [-0.1, -0.05) is 164 Å². The highest BCUT2D eigenvalue weighted by molar-refractivity contribution is 6.08. The fourth-order valence-corrected chi connectivity index (χ4v) is 11.2. The van der Waals surface area contributed by atoms with Crippen molar-refractivity contribution in [3.8, 4) is 11.1 Å². The van der Waals surface area contributed by atoms with Crippen LogP contribution in [0.4, 0.5) is 22.7 Å². The third-order valence-electron chi connectivity index (χ3n) is 13.6. The van der Waals surface area contributed by atoms with E-state index in [1.165, 1.54) is 88.8 Å². The van der Waals surface area contributed by atoms with Crippen molar-refractivity contribution in [1.82, 2.24) is 0 Å². The second-order valence-electron chi connectivity index (χ2n) is 16.6. The van der Waals surface area contributed by atoms with Crippen LogP contribution in [0.5, 0.6) is 0 Å². The standard InChI is InChI=1S/C57H44N2/c1-4-18-41(19-5-1)58(44-34-33-40-32-31-39-17-10-11-24-46(39)50(40)37-44)45-35-36-48-47-25-12-14-27-51(47)57(54(48)38-45)52-28-15-13-26-49(52)56-53(57)29-16-30-55(56)59(42-20-6-2-7-21-42)43-22-8-3-9-23-43/h1-11,13-22,24,26-37,43,45H,12,23,25,38H2. The molecule has 0 aliphatic heterocycles. The van der Waals surface area contributed by atoms with Gasteiger partial charge >= 0.3 is 0 Å². The molecule has 1 spiro atoms. The zero-order valence-corrected chi connectivity index (χ0v) is 33.0. The molecule has 7 aromatic carbocycles. The summed E-state index contributed by atoms with van der Waals surface area (Å²) >= 11 is 0. The molecule has 2 nitrogen and oxygen atoms in total. The van der Waals surface area contributed by atoms with Crippen LogP contribution >= 0.6 is 0 Å². The maximum absolute atomic E-state index is 2.60. The van der Waals surface area contributed by atoms with E-state index in [0.717, 1.165) is 25.7 Å². The molecule has 0 heterocycles. The largest absolute Gasteiger partial charge is 0.334 e. The molecular weight excluding hydrogens is 713 g/mol. The number of benzene rings is 7. The zero-order chi connectivity index (χ0) is 38.9. The summed E-state index contributed by atoms with van der Waals surface area (Å²) in [6.07, 6.45) is 23.0. The van der Waals surface area contributed by atoms with Crippen molar-refractivity contribution < 1.29 is 0 Å². The Kier molecular flexibility index (Phi) is 7.88. The Morgan fingerprint density at radius 2 is 1.25 bits per heavy atom. The van der Waals surface area contributed by atoms with Crippen LogP contribution in [-0.2, 0) is 5.41 Å². The summed E-state index contributed by atoms with van der Waals surface area (Å²) in [6.45, 7) is 0. The Bertz CT molecular complexity index is 3010. The number of hydrogen-bond acceptors (Lipinski definition) is 2. The maximum Gasteiger partial charge on any atom is 0.0686 e. The van der Waals surface area contributed by atoms with E-state index in [4.69, 9.17) is 0 Å². The Balaban J connectivity index is 1.06. The minimum Gasteiger partial charge on any atom is -0.334 e. The topological polar surface area (TPSA) is 6.48 Å². The summed E-state index contributed by atoms with van der Waals surface area (Å²) in [5.41, 5.74) is 16.0. The lowest BCUT2D eigenvalue weighted by atomic mass is 9.66. The quantitative estimate of drug-likeness (QED) is 0.156. The van der Waals surface area contributed by atoms with Crippen LogP contribution in [0.1, 0.15) is 36.8 Å². The first-order valence-corrected chi connectivity index (χ1v) is 21.3. The summed E-state index contributed by atoms with van der Waals surface area (Å²) in [5, 5.41) is 5.12. The number of fused-ring (bicyclic) bond motifs is 11. The van der Waals surface area contributed by atoms with E-state index in [9.17, 15) is 0 Å². The predicted octanol–water partition coefficient (Wildman–Crippen LogP) is 14.4. The van der Waals surface area contributed by atoms with Gasteiger partial charge in [-0.05, 0) is 129 Å². The second-order valence-corrected chi connectivity index (χ2v) is 16.6. The van der Waals surface area contributed by atoms with E-state index >= 15 is 0 Å². The molecule has 0 radical (unpaired) electrons. The number of hydrogen-bond donors (Lipinski definition) is 0. The van der Waals surface area contributed by atoms with Gasteiger partial charge in [0.25, 0.3) is 0 Å². The highest BCUT2D eigenvalue weighted by Gasteiger charge is 2.55. The zero-order valence-electron chi connectivity index (χ0n) is 33.0. The molecular formula is C57H44N2. The normalized spacial score (nSPS) is 20.9. The number of allylic oxidation sites excluding steroid dienone is 8. The van der Waals surface area contributed by atoms with Crippen LogP contribution in [0.15, 0.2) is 229 Å². The molecule has 0 saturated heterocycles. The average Bonchev–Trinajstić information content (AvgIpc) is 3.78. The van der Waals surface area contributed by atoms with Gasteiger partial charge in [-0.3, -0.25) is 0 Å². The summed E-state index contributed by atoms with van der Waals surface area (Å²) in [4.78, 5) is 5.19. The van der Waals surface area contributed by atoms with Gasteiger partial charge in [-0.15, -0.1) is 0 Å². The second kappa shape index (κ2) is 13.6. The van der Waals surface area contributed by atoms with E-state index in [1.807, 2.05) is 0 Å². The van der Waals surface area contributed by atoms with Gasteiger partial charge in [-0.25, -0.2) is 0 Å². The average molecular weight is 757 g/mol. The van der Waals surface area contributed by atoms with Crippen molar-refractivity contribution in [3.05, 3.63) is 240 Å². The fraction of sp³-hybridized carbons (Fsp3) is 0.123. The molecule has 3 unspecified atom stereocenters. The molecule has 0 fully saturated rings. The molecule has 0 aromatic heterocycles. The smallest absolute Gasteiger partial charge is 0.0686 e. The van der Waals surface area contributed by atoms with Gasteiger partial charge in [0.2, 0.25) is 0 Å². The van der Waals surface area contributed by atoms with Crippen molar-refractivity contribution in [2.75, 3.05) is 9.80 Å². The highest BCUT2D eigenvalue weighted by atomic mass is 15.2. The molecule has 282 valence electrons. The van der Waals surface area contributed by atoms with Crippen LogP contribution in [-0.4, -0.2) is 12.1 Å². The summed E-state index contributed by atoms with van der Waals surface area (Å²) in [6, 6.07) is 59.2. The summed E-state index contributed by atoms with van der Waals surface area (Å²) in [5.74, 6) is 0. The van der Waals surface area contributed by atoms with Crippen molar-refractivity contribution in [1.29, 1.82) is 0 Å². The van der Waals surface area contributed by atoms with Crippen LogP contribution in [0.25, 0.3) is 32.7 Å². The van der Waals surface area contributed by atoms with Gasteiger partial charge in [0.1, 0.15) is 0 Å². The third kappa shape index (κ3) is 5.12. The van der Waals surface area contributed by atoms with Crippen LogP contribution < -0.4 is 9.80 Å². The first-order chi connectivity index (χ1) is 29.3. The van der Waals surface area contributed by atoms with Crippen LogP contribution in [0, 0.1) is 0 Å². The van der Waals surface area contributed by atoms with Crippen molar-refractivity contribution >= 4 is 44.3 Å². The summed E-state index contributed by atoms with van der Waals surface area (Å²) in [7, 11) is 0. The molecule has 0 saturated carbocycles. The lowest BCUT2D eigenvalue weighted by Crippen LogP contribution is -2.36. The molecule has 59 heavy (non-hydrogen) atoms. The molecule has 0 N–H and O–H groups in total. The monoisotopic (exact) mass is 756 g/mol. The first kappa shape index (κ1) is 34.2. The van der Waals surface area contributed by atoms with Gasteiger partial charge < -0.3 is 9.80 Å². The third-order valence-corrected chi connectivity index (χ3v) is 13.6. The lowest BCUT2D eigenvalue weighted by molar-refractivity contribution is 0.653. The Morgan fingerprint density at radius 3 is 2.08 bits per heavy atom. The maximum atomic E-state index is 2.60. The molecule has 3 atom stereocenters. The Hall–Kier alpha value is -6.90. The molecule has 0 bridgehead atoms. The molecule has 5 aliphatic rings. The van der Waals surface area contributed by atoms with Gasteiger partial charge in [0, 0.05) is 28.3 Å². The number of rotatable bonds is 6. The molecule has 5 aliphatic carbocycles.